The summed E-state index contributed by atoms with van der Waals surface area (Å²) in [6, 6.07) is 10.4. The Labute approximate surface area is 141 Å². The molecule has 1 aliphatic rings. The third kappa shape index (κ3) is 3.11. The molecular formula is C19H20N2O3. The summed E-state index contributed by atoms with van der Waals surface area (Å²) in [6.45, 7) is 2.02. The van der Waals surface area contributed by atoms with Crippen LogP contribution in [-0.4, -0.2) is 23.8 Å². The van der Waals surface area contributed by atoms with E-state index in [1.165, 1.54) is 0 Å². The summed E-state index contributed by atoms with van der Waals surface area (Å²) in [4.78, 5) is 12.2. The van der Waals surface area contributed by atoms with Crippen LogP contribution in [0.4, 0.5) is 0 Å². The van der Waals surface area contributed by atoms with E-state index in [1.54, 1.807) is 37.4 Å². The number of nitrogens with zero attached hydrogens (tertiary/aromatic N) is 1. The number of phenols is 1. The van der Waals surface area contributed by atoms with Gasteiger partial charge in [0.1, 0.15) is 11.5 Å². The van der Waals surface area contributed by atoms with E-state index < -0.39 is 0 Å². The van der Waals surface area contributed by atoms with E-state index in [2.05, 4.69) is 10.5 Å². The average Bonchev–Trinajstić information content (AvgIpc) is 2.62. The van der Waals surface area contributed by atoms with Crippen LogP contribution < -0.4 is 10.2 Å². The van der Waals surface area contributed by atoms with Crippen molar-refractivity contribution in [2.24, 2.45) is 5.10 Å². The van der Waals surface area contributed by atoms with Crippen molar-refractivity contribution in [1.82, 2.24) is 5.43 Å². The van der Waals surface area contributed by atoms with Crippen molar-refractivity contribution in [1.29, 1.82) is 0 Å². The predicted octanol–water partition coefficient (Wildman–Crippen LogP) is 3.18. The van der Waals surface area contributed by atoms with Crippen LogP contribution in [0.15, 0.2) is 41.5 Å². The highest BCUT2D eigenvalue weighted by Crippen LogP contribution is 2.31. The van der Waals surface area contributed by atoms with Gasteiger partial charge in [-0.3, -0.25) is 4.79 Å². The number of fused-ring (bicyclic) bond motifs is 1. The number of carbonyl (C=O) groups excluding carboxylic acids is 1. The van der Waals surface area contributed by atoms with E-state index >= 15 is 0 Å². The molecule has 0 bridgehead atoms. The highest BCUT2D eigenvalue weighted by molar-refractivity contribution is 6.06. The Morgan fingerprint density at radius 2 is 1.92 bits per heavy atom. The minimum Gasteiger partial charge on any atom is -0.507 e. The monoisotopic (exact) mass is 324 g/mol. The first kappa shape index (κ1) is 16.1. The number of aromatic hydroxyl groups is 1. The summed E-state index contributed by atoms with van der Waals surface area (Å²) in [5.41, 5.74) is 6.82. The van der Waals surface area contributed by atoms with Crippen molar-refractivity contribution in [2.75, 3.05) is 7.11 Å². The van der Waals surface area contributed by atoms with E-state index in [-0.39, 0.29) is 11.7 Å². The summed E-state index contributed by atoms with van der Waals surface area (Å²) < 4.78 is 5.08. The minimum absolute atomic E-state index is 0.216. The zero-order chi connectivity index (χ0) is 17.1. The van der Waals surface area contributed by atoms with Gasteiger partial charge in [-0.25, -0.2) is 5.43 Å². The molecule has 2 N–H and O–H groups in total. The first-order valence-electron chi connectivity index (χ1n) is 7.93. The fourth-order valence-electron chi connectivity index (χ4n) is 2.98. The van der Waals surface area contributed by atoms with Gasteiger partial charge >= 0.3 is 0 Å². The Morgan fingerprint density at radius 3 is 2.62 bits per heavy atom. The maximum absolute atomic E-state index is 12.2. The molecule has 124 valence electrons. The Hall–Kier alpha value is -2.82. The summed E-state index contributed by atoms with van der Waals surface area (Å²) in [5.74, 6) is 0.622. The molecule has 0 saturated heterocycles. The molecule has 0 aromatic heterocycles. The fourth-order valence-corrected chi connectivity index (χ4v) is 2.98. The maximum atomic E-state index is 12.2. The molecule has 0 saturated carbocycles. The molecule has 0 aliphatic heterocycles. The van der Waals surface area contributed by atoms with Crippen LogP contribution in [0.25, 0.3) is 0 Å². The largest absolute Gasteiger partial charge is 0.507 e. The van der Waals surface area contributed by atoms with Crippen LogP contribution in [0, 0.1) is 6.92 Å². The fraction of sp³-hybridized carbons (Fsp3) is 0.263. The number of ether oxygens (including phenoxy) is 1. The number of benzene rings is 2. The number of hydrogen-bond donors (Lipinski definition) is 2. The van der Waals surface area contributed by atoms with Gasteiger partial charge in [-0.05, 0) is 67.6 Å². The quantitative estimate of drug-likeness (QED) is 0.852. The SMILES string of the molecule is COc1ccc(C(=O)N/N=C2\CCCc3c(C)ccc(O)c32)cc1. The van der Waals surface area contributed by atoms with E-state index in [0.29, 0.717) is 11.3 Å². The van der Waals surface area contributed by atoms with Gasteiger partial charge in [-0.15, -0.1) is 0 Å². The second-order valence-electron chi connectivity index (χ2n) is 5.84. The van der Waals surface area contributed by atoms with Gasteiger partial charge in [-0.2, -0.15) is 5.10 Å². The van der Waals surface area contributed by atoms with Gasteiger partial charge < -0.3 is 9.84 Å². The third-order valence-corrected chi connectivity index (χ3v) is 4.30. The molecule has 0 fully saturated rings. The van der Waals surface area contributed by atoms with E-state index in [9.17, 15) is 9.90 Å². The van der Waals surface area contributed by atoms with Crippen LogP contribution >= 0.6 is 0 Å². The molecule has 3 rings (SSSR count). The zero-order valence-corrected chi connectivity index (χ0v) is 13.8. The number of phenolic OH excluding ortho intramolecular Hbond substituents is 1. The molecule has 2 aromatic carbocycles. The standard InChI is InChI=1S/C19H20N2O3/c1-12-6-11-17(22)18-15(12)4-3-5-16(18)20-21-19(23)13-7-9-14(24-2)10-8-13/h6-11,22H,3-5H2,1-2H3,(H,21,23)/b20-16+. The maximum Gasteiger partial charge on any atom is 0.271 e. The van der Waals surface area contributed by atoms with Gasteiger partial charge in [0.05, 0.1) is 12.8 Å². The molecule has 5 heteroatoms. The number of nitrogens with one attached hydrogen (secondary N) is 1. The van der Waals surface area contributed by atoms with Crippen LogP contribution in [-0.2, 0) is 6.42 Å². The van der Waals surface area contributed by atoms with Crippen molar-refractivity contribution >= 4 is 11.6 Å². The van der Waals surface area contributed by atoms with Crippen molar-refractivity contribution in [3.63, 3.8) is 0 Å². The van der Waals surface area contributed by atoms with Gasteiger partial charge in [-0.1, -0.05) is 6.07 Å². The van der Waals surface area contributed by atoms with Gasteiger partial charge in [0.15, 0.2) is 0 Å². The Kier molecular flexibility index (Phi) is 4.51. The minimum atomic E-state index is -0.288. The average molecular weight is 324 g/mol. The number of methoxy groups -OCH3 is 1. The molecule has 0 atom stereocenters. The summed E-state index contributed by atoms with van der Waals surface area (Å²) in [7, 11) is 1.58. The van der Waals surface area contributed by atoms with Gasteiger partial charge in [0.2, 0.25) is 0 Å². The smallest absolute Gasteiger partial charge is 0.271 e. The first-order valence-corrected chi connectivity index (χ1v) is 7.93. The lowest BCUT2D eigenvalue weighted by Crippen LogP contribution is -2.22. The van der Waals surface area contributed by atoms with E-state index in [1.807, 2.05) is 13.0 Å². The molecule has 1 aliphatic carbocycles. The summed E-state index contributed by atoms with van der Waals surface area (Å²) >= 11 is 0. The molecule has 5 nitrogen and oxygen atoms in total. The number of carbonyl (C=O) groups is 1. The molecule has 2 aromatic rings. The lowest BCUT2D eigenvalue weighted by atomic mass is 9.86. The van der Waals surface area contributed by atoms with Crippen molar-refractivity contribution in [3.05, 3.63) is 58.7 Å². The van der Waals surface area contributed by atoms with Crippen LogP contribution in [0.1, 0.15) is 39.9 Å². The number of hydrogen-bond acceptors (Lipinski definition) is 4. The Balaban J connectivity index is 1.83. The number of rotatable bonds is 3. The lowest BCUT2D eigenvalue weighted by molar-refractivity contribution is 0.0954. The van der Waals surface area contributed by atoms with Crippen molar-refractivity contribution in [2.45, 2.75) is 26.2 Å². The highest BCUT2D eigenvalue weighted by Gasteiger charge is 2.21. The number of hydrazone groups is 1. The van der Waals surface area contributed by atoms with Crippen LogP contribution in [0.2, 0.25) is 0 Å². The topological polar surface area (TPSA) is 70.9 Å². The van der Waals surface area contributed by atoms with Crippen molar-refractivity contribution in [3.8, 4) is 11.5 Å². The van der Waals surface area contributed by atoms with Gasteiger partial charge in [0.25, 0.3) is 5.91 Å². The van der Waals surface area contributed by atoms with Crippen LogP contribution in [0.5, 0.6) is 11.5 Å². The predicted molar refractivity (Wildman–Crippen MR) is 92.8 cm³/mol. The summed E-state index contributed by atoms with van der Waals surface area (Å²) in [6.07, 6.45) is 2.60. The van der Waals surface area contributed by atoms with Gasteiger partial charge in [0, 0.05) is 11.1 Å². The molecule has 24 heavy (non-hydrogen) atoms. The van der Waals surface area contributed by atoms with E-state index in [4.69, 9.17) is 4.74 Å². The normalized spacial score (nSPS) is 15.0. The Morgan fingerprint density at radius 1 is 1.17 bits per heavy atom. The lowest BCUT2D eigenvalue weighted by Gasteiger charge is -2.21. The summed E-state index contributed by atoms with van der Waals surface area (Å²) in [5, 5.41) is 14.5. The molecule has 0 radical (unpaired) electrons. The van der Waals surface area contributed by atoms with Crippen LogP contribution in [0.3, 0.4) is 0 Å². The zero-order valence-electron chi connectivity index (χ0n) is 13.8. The first-order chi connectivity index (χ1) is 11.6. The number of amides is 1. The van der Waals surface area contributed by atoms with E-state index in [0.717, 1.165) is 41.7 Å². The molecular weight excluding hydrogens is 304 g/mol. The second kappa shape index (κ2) is 6.74. The van der Waals surface area contributed by atoms with Crippen molar-refractivity contribution < 1.29 is 14.6 Å². The molecule has 0 heterocycles. The molecule has 0 spiro atoms. The second-order valence-corrected chi connectivity index (χ2v) is 5.84. The molecule has 0 unspecified atom stereocenters. The Bertz CT molecular complexity index is 795. The number of aryl methyl sites for hydroxylation is 1. The highest BCUT2D eigenvalue weighted by atomic mass is 16.5. The third-order valence-electron chi connectivity index (χ3n) is 4.30. The molecule has 1 amide bonds.